The number of aliphatic hydroxyl groups is 1. The Kier molecular flexibility index (Phi) is 2.49. The van der Waals surface area contributed by atoms with Gasteiger partial charge in [0.05, 0.1) is 6.26 Å². The molecule has 1 rings (SSSR count). The predicted octanol–water partition coefficient (Wildman–Crippen LogP) is 1.10. The van der Waals surface area contributed by atoms with Crippen molar-refractivity contribution in [2.45, 2.75) is 4.45 Å². The number of nitrogens with zero attached hydrogens (tertiary/aromatic N) is 1. The zero-order valence-corrected chi connectivity index (χ0v) is 7.52. The normalized spacial score (nSPS) is 15.5. The highest BCUT2D eigenvalue weighted by Gasteiger charge is 2.44. The van der Waals surface area contributed by atoms with Crippen LogP contribution < -0.4 is 0 Å². The van der Waals surface area contributed by atoms with E-state index in [-0.39, 0.29) is 5.76 Å². The summed E-state index contributed by atoms with van der Waals surface area (Å²) in [6.45, 7) is -0.659. The highest BCUT2D eigenvalue weighted by Crippen LogP contribution is 2.31. The second kappa shape index (κ2) is 3.24. The van der Waals surface area contributed by atoms with Crippen LogP contribution in [0.2, 0.25) is 0 Å². The summed E-state index contributed by atoms with van der Waals surface area (Å²) in [7, 11) is 0. The molecule has 1 heterocycles. The van der Waals surface area contributed by atoms with Gasteiger partial charge in [-0.2, -0.15) is 0 Å². The van der Waals surface area contributed by atoms with Gasteiger partial charge < -0.3 is 9.52 Å². The van der Waals surface area contributed by atoms with Gasteiger partial charge >= 0.3 is 4.45 Å². The van der Waals surface area contributed by atoms with Crippen molar-refractivity contribution < 1.29 is 14.4 Å². The molecule has 6 heteroatoms. The smallest absolute Gasteiger partial charge is 0.353 e. The van der Waals surface area contributed by atoms with Crippen LogP contribution in [0.5, 0.6) is 0 Å². The Balaban J connectivity index is 3.04. The van der Waals surface area contributed by atoms with Crippen molar-refractivity contribution in [1.82, 2.24) is 0 Å². The highest BCUT2D eigenvalue weighted by molar-refractivity contribution is 9.09. The van der Waals surface area contributed by atoms with Crippen LogP contribution >= 0.6 is 15.9 Å². The number of hydrogen-bond acceptors (Lipinski definition) is 4. The third-order valence-electron chi connectivity index (χ3n) is 1.40. The molecule has 0 fully saturated rings. The van der Waals surface area contributed by atoms with Crippen LogP contribution in [0, 0.1) is 10.1 Å². The van der Waals surface area contributed by atoms with Crippen LogP contribution in [0.1, 0.15) is 5.76 Å². The fourth-order valence-electron chi connectivity index (χ4n) is 0.722. The second-order valence-electron chi connectivity index (χ2n) is 2.15. The molecule has 0 aliphatic rings. The number of furan rings is 1. The molecule has 0 spiro atoms. The number of nitro groups is 1. The minimum absolute atomic E-state index is 0.0787. The quantitative estimate of drug-likeness (QED) is 0.369. The lowest BCUT2D eigenvalue weighted by atomic mass is 10.2. The van der Waals surface area contributed by atoms with Gasteiger partial charge in [-0.05, 0) is 12.1 Å². The van der Waals surface area contributed by atoms with E-state index in [1.54, 1.807) is 0 Å². The van der Waals surface area contributed by atoms with Gasteiger partial charge in [0.15, 0.2) is 5.76 Å². The van der Waals surface area contributed by atoms with E-state index < -0.39 is 16.0 Å². The molecule has 5 nitrogen and oxygen atoms in total. The fraction of sp³-hybridized carbons (Fsp3) is 0.333. The summed E-state index contributed by atoms with van der Waals surface area (Å²) >= 11 is 2.79. The van der Waals surface area contributed by atoms with Crippen LogP contribution in [-0.4, -0.2) is 16.6 Å². The van der Waals surface area contributed by atoms with Crippen molar-refractivity contribution >= 4 is 15.9 Å². The molecule has 1 aromatic rings. The van der Waals surface area contributed by atoms with Crippen molar-refractivity contribution in [1.29, 1.82) is 0 Å². The van der Waals surface area contributed by atoms with Crippen molar-refractivity contribution in [2.24, 2.45) is 0 Å². The van der Waals surface area contributed by atoms with E-state index in [1.165, 1.54) is 18.4 Å². The first kappa shape index (κ1) is 9.21. The van der Waals surface area contributed by atoms with E-state index >= 15 is 0 Å². The standard InChI is InChI=1S/C6H6BrNO4/c7-6(4-9,8(10)11)5-2-1-3-12-5/h1-3,9H,4H2. The number of halogens is 1. The first-order valence-electron chi connectivity index (χ1n) is 3.09. The molecule has 0 aromatic carbocycles. The van der Waals surface area contributed by atoms with Gasteiger partial charge in [0.1, 0.15) is 6.61 Å². The van der Waals surface area contributed by atoms with E-state index in [1.807, 2.05) is 0 Å². The molecule has 0 aliphatic heterocycles. The van der Waals surface area contributed by atoms with E-state index in [2.05, 4.69) is 15.9 Å². The first-order chi connectivity index (χ1) is 5.61. The van der Waals surface area contributed by atoms with Crippen molar-refractivity contribution in [3.05, 3.63) is 34.3 Å². The Bertz CT molecular complexity index is 273. The Morgan fingerprint density at radius 1 is 1.83 bits per heavy atom. The maximum atomic E-state index is 10.5. The molecule has 0 saturated carbocycles. The highest BCUT2D eigenvalue weighted by atomic mass is 79.9. The van der Waals surface area contributed by atoms with E-state index in [0.717, 1.165) is 0 Å². The Hall–Kier alpha value is -0.880. The summed E-state index contributed by atoms with van der Waals surface area (Å²) < 4.78 is 3.09. The molecule has 1 atom stereocenters. The third-order valence-corrected chi connectivity index (χ3v) is 2.33. The molecule has 12 heavy (non-hydrogen) atoms. The Morgan fingerprint density at radius 3 is 2.83 bits per heavy atom. The van der Waals surface area contributed by atoms with Crippen molar-refractivity contribution in [3.63, 3.8) is 0 Å². The molecular formula is C6H6BrNO4. The summed E-state index contributed by atoms with van der Waals surface area (Å²) in [5.74, 6) is 0.0787. The monoisotopic (exact) mass is 235 g/mol. The number of hydrogen-bond donors (Lipinski definition) is 1. The lowest BCUT2D eigenvalue weighted by molar-refractivity contribution is -0.549. The van der Waals surface area contributed by atoms with Gasteiger partial charge in [-0.25, -0.2) is 0 Å². The van der Waals surface area contributed by atoms with Crippen LogP contribution in [0.25, 0.3) is 0 Å². The molecule has 0 bridgehead atoms. The summed E-state index contributed by atoms with van der Waals surface area (Å²) in [5, 5.41) is 19.3. The number of alkyl halides is 1. The van der Waals surface area contributed by atoms with Crippen LogP contribution in [0.3, 0.4) is 0 Å². The van der Waals surface area contributed by atoms with E-state index in [4.69, 9.17) is 9.52 Å². The zero-order valence-electron chi connectivity index (χ0n) is 5.94. The van der Waals surface area contributed by atoms with Crippen molar-refractivity contribution in [2.75, 3.05) is 6.61 Å². The van der Waals surface area contributed by atoms with Gasteiger partial charge in [-0.1, -0.05) is 0 Å². The van der Waals surface area contributed by atoms with E-state index in [9.17, 15) is 10.1 Å². The first-order valence-corrected chi connectivity index (χ1v) is 3.89. The van der Waals surface area contributed by atoms with Gasteiger partial charge in [0, 0.05) is 20.9 Å². The van der Waals surface area contributed by atoms with Crippen LogP contribution in [0.4, 0.5) is 0 Å². The Morgan fingerprint density at radius 2 is 2.50 bits per heavy atom. The maximum Gasteiger partial charge on any atom is 0.353 e. The predicted molar refractivity (Wildman–Crippen MR) is 43.4 cm³/mol. The molecule has 0 radical (unpaired) electrons. The fourth-order valence-corrected chi connectivity index (χ4v) is 0.948. The molecule has 0 aliphatic carbocycles. The molecule has 1 unspecified atom stereocenters. The lowest BCUT2D eigenvalue weighted by Crippen LogP contribution is -2.31. The largest absolute Gasteiger partial charge is 0.461 e. The van der Waals surface area contributed by atoms with Crippen LogP contribution in [0.15, 0.2) is 22.8 Å². The molecular weight excluding hydrogens is 230 g/mol. The zero-order chi connectivity index (χ0) is 9.19. The van der Waals surface area contributed by atoms with Crippen LogP contribution in [-0.2, 0) is 4.45 Å². The minimum Gasteiger partial charge on any atom is -0.461 e. The molecule has 1 aromatic heterocycles. The van der Waals surface area contributed by atoms with Gasteiger partial charge in [-0.15, -0.1) is 0 Å². The summed E-state index contributed by atoms with van der Waals surface area (Å²) in [6.07, 6.45) is 1.31. The topological polar surface area (TPSA) is 76.5 Å². The van der Waals surface area contributed by atoms with Gasteiger partial charge in [0.25, 0.3) is 0 Å². The molecule has 0 saturated heterocycles. The Labute approximate surface area is 76.3 Å². The average Bonchev–Trinajstić information content (AvgIpc) is 2.54. The summed E-state index contributed by atoms with van der Waals surface area (Å²) in [4.78, 5) is 9.84. The minimum atomic E-state index is -1.71. The molecule has 0 amide bonds. The molecule has 66 valence electrons. The van der Waals surface area contributed by atoms with Gasteiger partial charge in [-0.3, -0.25) is 10.1 Å². The second-order valence-corrected chi connectivity index (χ2v) is 3.46. The van der Waals surface area contributed by atoms with Gasteiger partial charge in [0.2, 0.25) is 0 Å². The summed E-state index contributed by atoms with van der Waals surface area (Å²) in [5.41, 5.74) is 0. The lowest BCUT2D eigenvalue weighted by Gasteiger charge is -2.12. The SMILES string of the molecule is O=[N+]([O-])C(Br)(CO)c1ccco1. The number of rotatable bonds is 3. The molecule has 1 N–H and O–H groups in total. The third kappa shape index (κ3) is 1.35. The maximum absolute atomic E-state index is 10.5. The summed E-state index contributed by atoms with van der Waals surface area (Å²) in [6, 6.07) is 2.94. The number of aliphatic hydroxyl groups excluding tert-OH is 1. The van der Waals surface area contributed by atoms with Crippen molar-refractivity contribution in [3.8, 4) is 0 Å². The average molecular weight is 236 g/mol. The van der Waals surface area contributed by atoms with E-state index in [0.29, 0.717) is 0 Å².